The van der Waals surface area contributed by atoms with Gasteiger partial charge in [0.15, 0.2) is 0 Å². The van der Waals surface area contributed by atoms with E-state index in [4.69, 9.17) is 0 Å². The molecule has 0 spiro atoms. The molecule has 2 heterocycles. The number of hydrogen-bond donors (Lipinski definition) is 2. The van der Waals surface area contributed by atoms with E-state index in [9.17, 15) is 0 Å². The summed E-state index contributed by atoms with van der Waals surface area (Å²) in [7, 11) is 0. The number of piperidine rings is 1. The third-order valence-electron chi connectivity index (χ3n) is 3.39. The van der Waals surface area contributed by atoms with Crippen molar-refractivity contribution in [2.75, 3.05) is 11.4 Å². The Morgan fingerprint density at radius 3 is 2.67 bits per heavy atom. The van der Waals surface area contributed by atoms with E-state index in [1.807, 2.05) is 18.5 Å². The highest BCUT2D eigenvalue weighted by Crippen LogP contribution is 2.28. The molecule has 4 nitrogen and oxygen atoms in total. The van der Waals surface area contributed by atoms with Gasteiger partial charge in [0, 0.05) is 11.9 Å². The maximum Gasteiger partial charge on any atom is 0.0846 e. The highest BCUT2D eigenvalue weighted by molar-refractivity contribution is 5.62. The van der Waals surface area contributed by atoms with Crippen LogP contribution in [0.1, 0.15) is 19.3 Å². The number of aromatic nitrogens is 2. The molecule has 1 fully saturated rings. The van der Waals surface area contributed by atoms with Crippen LogP contribution in [0.5, 0.6) is 0 Å². The Hall–Kier alpha value is -1.81. The first-order chi connectivity index (χ1) is 8.95. The van der Waals surface area contributed by atoms with Gasteiger partial charge in [0.2, 0.25) is 0 Å². The van der Waals surface area contributed by atoms with Crippen molar-refractivity contribution >= 4 is 11.4 Å². The SMILES string of the molecule is c1ccc(N(c2cn[nH]c2)C2CCCCN2)cc1. The maximum atomic E-state index is 4.07. The van der Waals surface area contributed by atoms with Crippen LogP contribution in [0.25, 0.3) is 0 Å². The molecule has 1 saturated heterocycles. The van der Waals surface area contributed by atoms with Crippen molar-refractivity contribution in [1.82, 2.24) is 15.5 Å². The van der Waals surface area contributed by atoms with Gasteiger partial charge in [-0.25, -0.2) is 0 Å². The number of rotatable bonds is 3. The summed E-state index contributed by atoms with van der Waals surface area (Å²) < 4.78 is 0. The highest BCUT2D eigenvalue weighted by Gasteiger charge is 2.22. The second-order valence-electron chi connectivity index (χ2n) is 4.63. The van der Waals surface area contributed by atoms with E-state index in [2.05, 4.69) is 44.7 Å². The summed E-state index contributed by atoms with van der Waals surface area (Å²) in [5.41, 5.74) is 2.32. The molecule has 1 aromatic heterocycles. The molecule has 4 heteroatoms. The molecule has 0 bridgehead atoms. The lowest BCUT2D eigenvalue weighted by atomic mass is 10.1. The first-order valence-electron chi connectivity index (χ1n) is 6.51. The molecule has 1 atom stereocenters. The summed E-state index contributed by atoms with van der Waals surface area (Å²) >= 11 is 0. The van der Waals surface area contributed by atoms with E-state index in [0.717, 1.165) is 12.2 Å². The second-order valence-corrected chi connectivity index (χ2v) is 4.63. The van der Waals surface area contributed by atoms with Crippen LogP contribution in [0.3, 0.4) is 0 Å². The first-order valence-corrected chi connectivity index (χ1v) is 6.51. The van der Waals surface area contributed by atoms with Gasteiger partial charge in [-0.2, -0.15) is 5.10 Å². The van der Waals surface area contributed by atoms with Crippen molar-refractivity contribution in [1.29, 1.82) is 0 Å². The Balaban J connectivity index is 1.93. The van der Waals surface area contributed by atoms with Crippen molar-refractivity contribution in [3.63, 3.8) is 0 Å². The third-order valence-corrected chi connectivity index (χ3v) is 3.39. The smallest absolute Gasteiger partial charge is 0.0846 e. The number of anilines is 2. The summed E-state index contributed by atoms with van der Waals surface area (Å²) in [6.07, 6.45) is 7.90. The molecule has 1 aliphatic rings. The Morgan fingerprint density at radius 2 is 2.00 bits per heavy atom. The molecule has 18 heavy (non-hydrogen) atoms. The normalized spacial score (nSPS) is 19.7. The highest BCUT2D eigenvalue weighted by atomic mass is 15.3. The van der Waals surface area contributed by atoms with Gasteiger partial charge in [-0.1, -0.05) is 18.2 Å². The predicted octanol–water partition coefficient (Wildman–Crippen LogP) is 2.65. The van der Waals surface area contributed by atoms with E-state index >= 15 is 0 Å². The summed E-state index contributed by atoms with van der Waals surface area (Å²) in [6, 6.07) is 10.5. The Kier molecular flexibility index (Phi) is 3.28. The monoisotopic (exact) mass is 242 g/mol. The number of H-pyrrole nitrogens is 1. The summed E-state index contributed by atoms with van der Waals surface area (Å²) in [4.78, 5) is 2.32. The van der Waals surface area contributed by atoms with E-state index in [1.54, 1.807) is 0 Å². The molecule has 1 aliphatic heterocycles. The van der Waals surface area contributed by atoms with E-state index in [-0.39, 0.29) is 0 Å². The molecular weight excluding hydrogens is 224 g/mol. The summed E-state index contributed by atoms with van der Waals surface area (Å²) in [6.45, 7) is 1.09. The quantitative estimate of drug-likeness (QED) is 0.869. The number of nitrogens with one attached hydrogen (secondary N) is 2. The van der Waals surface area contributed by atoms with Gasteiger partial charge in [0.25, 0.3) is 0 Å². The molecule has 1 aromatic carbocycles. The van der Waals surface area contributed by atoms with Crippen LogP contribution in [0.15, 0.2) is 42.7 Å². The van der Waals surface area contributed by atoms with Crippen LogP contribution in [0.2, 0.25) is 0 Å². The van der Waals surface area contributed by atoms with E-state index < -0.39 is 0 Å². The molecule has 94 valence electrons. The number of para-hydroxylation sites is 1. The fourth-order valence-electron chi connectivity index (χ4n) is 2.53. The third kappa shape index (κ3) is 2.24. The van der Waals surface area contributed by atoms with Crippen LogP contribution < -0.4 is 10.2 Å². The van der Waals surface area contributed by atoms with Crippen molar-refractivity contribution in [3.05, 3.63) is 42.7 Å². The average Bonchev–Trinajstić information content (AvgIpc) is 2.95. The van der Waals surface area contributed by atoms with Crippen molar-refractivity contribution in [3.8, 4) is 0 Å². The Bertz CT molecular complexity index is 460. The van der Waals surface area contributed by atoms with Crippen LogP contribution in [0, 0.1) is 0 Å². The zero-order chi connectivity index (χ0) is 12.2. The molecular formula is C14H18N4. The van der Waals surface area contributed by atoms with Gasteiger partial charge in [0.05, 0.1) is 18.1 Å². The minimum Gasteiger partial charge on any atom is -0.323 e. The first kappa shape index (κ1) is 11.3. The zero-order valence-corrected chi connectivity index (χ0v) is 10.3. The van der Waals surface area contributed by atoms with Crippen LogP contribution in [0.4, 0.5) is 11.4 Å². The number of nitrogens with zero attached hydrogens (tertiary/aromatic N) is 2. The number of benzene rings is 1. The minimum atomic E-state index is 0.360. The summed E-state index contributed by atoms with van der Waals surface area (Å²) in [5.74, 6) is 0. The van der Waals surface area contributed by atoms with Crippen LogP contribution in [-0.4, -0.2) is 22.9 Å². The van der Waals surface area contributed by atoms with Crippen molar-refractivity contribution in [2.45, 2.75) is 25.4 Å². The molecule has 3 rings (SSSR count). The van der Waals surface area contributed by atoms with Gasteiger partial charge < -0.3 is 4.90 Å². The van der Waals surface area contributed by atoms with Crippen molar-refractivity contribution < 1.29 is 0 Å². The molecule has 2 aromatic rings. The van der Waals surface area contributed by atoms with Gasteiger partial charge >= 0.3 is 0 Å². The Labute approximate surface area is 107 Å². The average molecular weight is 242 g/mol. The van der Waals surface area contributed by atoms with Gasteiger partial charge in [0.1, 0.15) is 0 Å². The standard InChI is InChI=1S/C14H18N4/c1-2-6-12(7-3-1)18(13-10-16-17-11-13)14-8-4-5-9-15-14/h1-3,6-7,10-11,14-15H,4-5,8-9H2,(H,16,17). The molecule has 0 saturated carbocycles. The lowest BCUT2D eigenvalue weighted by molar-refractivity contribution is 0.405. The number of aromatic amines is 1. The fraction of sp³-hybridized carbons (Fsp3) is 0.357. The predicted molar refractivity (Wildman–Crippen MR) is 72.8 cm³/mol. The second kappa shape index (κ2) is 5.23. The van der Waals surface area contributed by atoms with Crippen LogP contribution >= 0.6 is 0 Å². The largest absolute Gasteiger partial charge is 0.323 e. The molecule has 0 radical (unpaired) electrons. The van der Waals surface area contributed by atoms with Crippen molar-refractivity contribution in [2.24, 2.45) is 0 Å². The minimum absolute atomic E-state index is 0.360. The maximum absolute atomic E-state index is 4.07. The fourth-order valence-corrected chi connectivity index (χ4v) is 2.53. The molecule has 1 unspecified atom stereocenters. The van der Waals surface area contributed by atoms with Gasteiger partial charge in [-0.05, 0) is 37.9 Å². The lowest BCUT2D eigenvalue weighted by Crippen LogP contribution is -2.46. The van der Waals surface area contributed by atoms with Gasteiger partial charge in [-0.3, -0.25) is 10.4 Å². The Morgan fingerprint density at radius 1 is 1.11 bits per heavy atom. The van der Waals surface area contributed by atoms with Gasteiger partial charge in [-0.15, -0.1) is 0 Å². The molecule has 0 amide bonds. The van der Waals surface area contributed by atoms with E-state index in [0.29, 0.717) is 6.17 Å². The lowest BCUT2D eigenvalue weighted by Gasteiger charge is -2.35. The summed E-state index contributed by atoms with van der Waals surface area (Å²) in [5, 5.41) is 10.6. The zero-order valence-electron chi connectivity index (χ0n) is 10.3. The van der Waals surface area contributed by atoms with Crippen LogP contribution in [-0.2, 0) is 0 Å². The molecule has 2 N–H and O–H groups in total. The molecule has 0 aliphatic carbocycles. The van der Waals surface area contributed by atoms with E-state index in [1.165, 1.54) is 24.9 Å². The topological polar surface area (TPSA) is 44.0 Å². The number of hydrogen-bond acceptors (Lipinski definition) is 3.